The molecule has 29 heavy (non-hydrogen) atoms. The number of nitrogens with one attached hydrogen (secondary N) is 1. The summed E-state index contributed by atoms with van der Waals surface area (Å²) in [5, 5.41) is 4.01. The lowest BCUT2D eigenvalue weighted by molar-refractivity contribution is -0.123. The number of anilines is 1. The molecule has 1 amide bonds. The molecular formula is C23H31N3O3. The second-order valence-corrected chi connectivity index (χ2v) is 6.54. The van der Waals surface area contributed by atoms with Crippen LogP contribution >= 0.6 is 0 Å². The molecule has 0 aliphatic carbocycles. The fraction of sp³-hybridized carbons (Fsp3) is 0.391. The first-order valence-electron chi connectivity index (χ1n) is 10.2. The molecule has 0 bridgehead atoms. The largest absolute Gasteiger partial charge is 0.490 e. The minimum atomic E-state index is -0.332. The van der Waals surface area contributed by atoms with Gasteiger partial charge in [0.1, 0.15) is 0 Å². The average Bonchev–Trinajstić information content (AvgIpc) is 2.74. The van der Waals surface area contributed by atoms with Crippen molar-refractivity contribution in [3.63, 3.8) is 0 Å². The molecule has 0 saturated carbocycles. The predicted molar refractivity (Wildman–Crippen MR) is 118 cm³/mol. The topological polar surface area (TPSA) is 63.2 Å². The number of hydrogen-bond donors (Lipinski definition) is 1. The number of ether oxygens (including phenoxy) is 2. The van der Waals surface area contributed by atoms with Gasteiger partial charge in [0.25, 0.3) is 5.91 Å². The third kappa shape index (κ3) is 7.49. The first kappa shape index (κ1) is 22.3. The predicted octanol–water partition coefficient (Wildman–Crippen LogP) is 4.24. The molecule has 0 aromatic heterocycles. The Morgan fingerprint density at radius 2 is 1.59 bits per heavy atom. The van der Waals surface area contributed by atoms with Gasteiger partial charge in [-0.25, -0.2) is 5.43 Å². The van der Waals surface area contributed by atoms with Gasteiger partial charge in [-0.15, -0.1) is 0 Å². The van der Waals surface area contributed by atoms with Crippen LogP contribution in [0.2, 0.25) is 0 Å². The highest BCUT2D eigenvalue weighted by Crippen LogP contribution is 2.26. The molecule has 0 spiro atoms. The van der Waals surface area contributed by atoms with E-state index in [9.17, 15) is 4.79 Å². The zero-order valence-corrected chi connectivity index (χ0v) is 17.6. The van der Waals surface area contributed by atoms with Crippen LogP contribution in [-0.4, -0.2) is 38.4 Å². The van der Waals surface area contributed by atoms with Gasteiger partial charge in [-0.1, -0.05) is 38.1 Å². The van der Waals surface area contributed by atoms with Gasteiger partial charge in [-0.05, 0) is 49.6 Å². The normalized spacial score (nSPS) is 10.7. The van der Waals surface area contributed by atoms with Crippen LogP contribution in [0.1, 0.15) is 39.2 Å². The highest BCUT2D eigenvalue weighted by atomic mass is 16.5. The van der Waals surface area contributed by atoms with Gasteiger partial charge in [0.2, 0.25) is 0 Å². The number of amides is 1. The van der Waals surface area contributed by atoms with E-state index in [0.29, 0.717) is 18.1 Å². The monoisotopic (exact) mass is 397 g/mol. The maximum Gasteiger partial charge on any atom is 0.277 e. The van der Waals surface area contributed by atoms with Gasteiger partial charge in [0.15, 0.2) is 18.1 Å². The molecule has 0 fully saturated rings. The van der Waals surface area contributed by atoms with E-state index < -0.39 is 0 Å². The fourth-order valence-electron chi connectivity index (χ4n) is 2.88. The number of nitrogens with zero attached hydrogens (tertiary/aromatic N) is 2. The number of rotatable bonds is 12. The van der Waals surface area contributed by atoms with E-state index in [1.807, 2.05) is 31.2 Å². The Hall–Kier alpha value is -3.02. The van der Waals surface area contributed by atoms with Crippen molar-refractivity contribution >= 4 is 17.8 Å². The van der Waals surface area contributed by atoms with Crippen molar-refractivity contribution in [1.29, 1.82) is 0 Å². The second kappa shape index (κ2) is 12.4. The molecule has 0 atom stereocenters. The molecule has 2 aromatic carbocycles. The van der Waals surface area contributed by atoms with Crippen molar-refractivity contribution in [2.75, 3.05) is 31.2 Å². The van der Waals surface area contributed by atoms with E-state index in [4.69, 9.17) is 9.47 Å². The Kier molecular flexibility index (Phi) is 9.55. The maximum atomic E-state index is 12.0. The van der Waals surface area contributed by atoms with Crippen molar-refractivity contribution in [2.24, 2.45) is 5.10 Å². The molecule has 2 aromatic rings. The molecule has 0 saturated heterocycles. The van der Waals surface area contributed by atoms with Gasteiger partial charge in [0.05, 0.1) is 12.8 Å². The van der Waals surface area contributed by atoms with Crippen molar-refractivity contribution in [3.8, 4) is 11.5 Å². The quantitative estimate of drug-likeness (QED) is 0.430. The van der Waals surface area contributed by atoms with Crippen LogP contribution in [-0.2, 0) is 4.79 Å². The number of para-hydroxylation sites is 2. The molecule has 156 valence electrons. The third-order valence-electron chi connectivity index (χ3n) is 4.16. The summed E-state index contributed by atoms with van der Waals surface area (Å²) >= 11 is 0. The smallest absolute Gasteiger partial charge is 0.277 e. The molecule has 0 aliphatic heterocycles. The summed E-state index contributed by atoms with van der Waals surface area (Å²) in [5.41, 5.74) is 4.61. The lowest BCUT2D eigenvalue weighted by Crippen LogP contribution is -2.25. The molecule has 0 aliphatic rings. The van der Waals surface area contributed by atoms with Gasteiger partial charge < -0.3 is 14.4 Å². The number of hydrazone groups is 1. The highest BCUT2D eigenvalue weighted by molar-refractivity contribution is 5.83. The van der Waals surface area contributed by atoms with Crippen molar-refractivity contribution in [2.45, 2.75) is 33.6 Å². The zero-order chi connectivity index (χ0) is 20.9. The molecule has 2 rings (SSSR count). The number of benzene rings is 2. The van der Waals surface area contributed by atoms with Crippen LogP contribution in [0.3, 0.4) is 0 Å². The van der Waals surface area contributed by atoms with Crippen LogP contribution in [0.25, 0.3) is 0 Å². The third-order valence-corrected chi connectivity index (χ3v) is 4.16. The van der Waals surface area contributed by atoms with Crippen LogP contribution < -0.4 is 19.8 Å². The summed E-state index contributed by atoms with van der Waals surface area (Å²) in [6, 6.07) is 15.4. The van der Waals surface area contributed by atoms with E-state index in [-0.39, 0.29) is 12.5 Å². The molecule has 0 heterocycles. The Morgan fingerprint density at radius 1 is 0.966 bits per heavy atom. The van der Waals surface area contributed by atoms with Gasteiger partial charge in [-0.2, -0.15) is 5.10 Å². The molecule has 6 heteroatoms. The molecule has 0 unspecified atom stereocenters. The fourth-order valence-corrected chi connectivity index (χ4v) is 2.88. The summed E-state index contributed by atoms with van der Waals surface area (Å²) in [6.45, 7) is 8.76. The van der Waals surface area contributed by atoms with Gasteiger partial charge >= 0.3 is 0 Å². The zero-order valence-electron chi connectivity index (χ0n) is 17.6. The molecule has 0 radical (unpaired) electrons. The Bertz CT molecular complexity index is 769. The number of carbonyl (C=O) groups is 1. The van der Waals surface area contributed by atoms with E-state index in [0.717, 1.165) is 31.5 Å². The maximum absolute atomic E-state index is 12.0. The second-order valence-electron chi connectivity index (χ2n) is 6.54. The molecule has 1 N–H and O–H groups in total. The van der Waals surface area contributed by atoms with Crippen LogP contribution in [0.15, 0.2) is 53.6 Å². The van der Waals surface area contributed by atoms with Crippen molar-refractivity contribution in [1.82, 2.24) is 5.43 Å². The van der Waals surface area contributed by atoms with E-state index >= 15 is 0 Å². The number of hydrogen-bond acceptors (Lipinski definition) is 5. The highest BCUT2D eigenvalue weighted by Gasteiger charge is 2.07. The van der Waals surface area contributed by atoms with Crippen LogP contribution in [0, 0.1) is 0 Å². The average molecular weight is 398 g/mol. The first-order chi connectivity index (χ1) is 14.2. The van der Waals surface area contributed by atoms with E-state index in [1.54, 1.807) is 18.3 Å². The lowest BCUT2D eigenvalue weighted by atomic mass is 10.2. The van der Waals surface area contributed by atoms with Crippen LogP contribution in [0.4, 0.5) is 5.69 Å². The minimum Gasteiger partial charge on any atom is -0.490 e. The standard InChI is InChI=1S/C23H31N3O3/c1-4-15-26(16-5-2)20-13-11-19(12-14-20)17-24-25-23(27)18-29-22-10-8-7-9-21(22)28-6-3/h7-14,17H,4-6,15-16,18H2,1-3H3,(H,25,27)/b24-17-. The SMILES string of the molecule is CCCN(CCC)c1ccc(/C=N\NC(=O)COc2ccccc2OCC)cc1. The summed E-state index contributed by atoms with van der Waals surface area (Å²) in [5.74, 6) is 0.820. The van der Waals surface area contributed by atoms with Crippen molar-refractivity contribution < 1.29 is 14.3 Å². The summed E-state index contributed by atoms with van der Waals surface area (Å²) in [7, 11) is 0. The first-order valence-corrected chi connectivity index (χ1v) is 10.2. The van der Waals surface area contributed by atoms with Crippen molar-refractivity contribution in [3.05, 3.63) is 54.1 Å². The summed E-state index contributed by atoms with van der Waals surface area (Å²) < 4.78 is 11.0. The van der Waals surface area contributed by atoms with E-state index in [1.165, 1.54) is 5.69 Å². The minimum absolute atomic E-state index is 0.136. The Balaban J connectivity index is 1.84. The van der Waals surface area contributed by atoms with E-state index in [2.05, 4.69) is 41.4 Å². The van der Waals surface area contributed by atoms with Crippen LogP contribution in [0.5, 0.6) is 11.5 Å². The summed E-state index contributed by atoms with van der Waals surface area (Å²) in [6.07, 6.45) is 3.86. The Labute approximate surface area is 173 Å². The molecule has 6 nitrogen and oxygen atoms in total. The summed E-state index contributed by atoms with van der Waals surface area (Å²) in [4.78, 5) is 14.3. The van der Waals surface area contributed by atoms with Gasteiger partial charge in [-0.3, -0.25) is 4.79 Å². The Morgan fingerprint density at radius 3 is 2.17 bits per heavy atom. The molecular weight excluding hydrogens is 366 g/mol. The lowest BCUT2D eigenvalue weighted by Gasteiger charge is -2.23. The number of carbonyl (C=O) groups excluding carboxylic acids is 1. The van der Waals surface area contributed by atoms with Gasteiger partial charge in [0, 0.05) is 18.8 Å².